The summed E-state index contributed by atoms with van der Waals surface area (Å²) in [5.41, 5.74) is -1.18. The van der Waals surface area contributed by atoms with Gasteiger partial charge in [-0.2, -0.15) is 0 Å². The van der Waals surface area contributed by atoms with Gasteiger partial charge in [0.2, 0.25) is 0 Å². The molecule has 0 aromatic carbocycles. The van der Waals surface area contributed by atoms with E-state index in [4.69, 9.17) is 4.43 Å². The van der Waals surface area contributed by atoms with Crippen LogP contribution in [0, 0.1) is 11.3 Å². The van der Waals surface area contributed by atoms with Gasteiger partial charge in [0.25, 0.3) is 0 Å². The minimum absolute atomic E-state index is 0.0136. The predicted molar refractivity (Wildman–Crippen MR) is 93.0 cm³/mol. The maximum atomic E-state index is 10.9. The minimum Gasteiger partial charge on any atom is -0.416 e. The summed E-state index contributed by atoms with van der Waals surface area (Å²) >= 11 is 0. The van der Waals surface area contributed by atoms with Crippen LogP contribution in [0.5, 0.6) is 0 Å². The molecule has 0 amide bonds. The maximum Gasteiger partial charge on any atom is 0.191 e. The number of hydrogen-bond acceptors (Lipinski definition) is 6. The zero-order valence-corrected chi connectivity index (χ0v) is 16.4. The first-order chi connectivity index (χ1) is 10.9. The average molecular weight is 363 g/mol. The normalized spacial score (nSPS) is 44.2. The Hall–Kier alpha value is -0.0231. The van der Waals surface area contributed by atoms with Gasteiger partial charge < -0.3 is 30.0 Å². The van der Waals surface area contributed by atoms with Crippen LogP contribution in [-0.4, -0.2) is 71.0 Å². The second kappa shape index (κ2) is 6.61. The van der Waals surface area contributed by atoms with Crippen molar-refractivity contribution >= 4 is 8.32 Å². The van der Waals surface area contributed by atoms with Crippen LogP contribution in [-0.2, 0) is 4.43 Å². The van der Waals surface area contributed by atoms with E-state index in [0.29, 0.717) is 19.3 Å². The zero-order valence-electron chi connectivity index (χ0n) is 15.4. The Morgan fingerprint density at radius 1 is 1.00 bits per heavy atom. The first-order valence-electron chi connectivity index (χ1n) is 8.90. The molecular formula is C17H34O6Si. The van der Waals surface area contributed by atoms with Gasteiger partial charge in [-0.3, -0.25) is 0 Å². The summed E-state index contributed by atoms with van der Waals surface area (Å²) < 4.78 is 6.14. The summed E-state index contributed by atoms with van der Waals surface area (Å²) in [5, 5.41) is 52.4. The maximum absolute atomic E-state index is 10.9. The molecule has 0 aromatic rings. The Morgan fingerprint density at radius 3 is 2.04 bits per heavy atom. The van der Waals surface area contributed by atoms with E-state index in [1.165, 1.54) is 0 Å². The molecule has 7 heteroatoms. The van der Waals surface area contributed by atoms with Crippen molar-refractivity contribution in [3.63, 3.8) is 0 Å². The fraction of sp³-hybridized carbons (Fsp3) is 1.00. The van der Waals surface area contributed by atoms with E-state index in [2.05, 4.69) is 33.9 Å². The van der Waals surface area contributed by atoms with Crippen LogP contribution in [0.15, 0.2) is 0 Å². The van der Waals surface area contributed by atoms with Crippen molar-refractivity contribution in [2.45, 2.75) is 88.7 Å². The van der Waals surface area contributed by atoms with Crippen LogP contribution < -0.4 is 0 Å². The summed E-state index contributed by atoms with van der Waals surface area (Å²) in [6.45, 7) is 10.6. The molecule has 0 heterocycles. The monoisotopic (exact) mass is 362 g/mol. The first kappa shape index (κ1) is 20.3. The fourth-order valence-corrected chi connectivity index (χ4v) is 5.00. The van der Waals surface area contributed by atoms with E-state index in [1.54, 1.807) is 0 Å². The van der Waals surface area contributed by atoms with Gasteiger partial charge >= 0.3 is 0 Å². The number of aliphatic hydroxyl groups is 5. The molecule has 0 aliphatic heterocycles. The van der Waals surface area contributed by atoms with Gasteiger partial charge in [-0.15, -0.1) is 0 Å². The lowest BCUT2D eigenvalue weighted by atomic mass is 9.61. The highest BCUT2D eigenvalue weighted by Crippen LogP contribution is 2.51. The molecule has 0 aromatic heterocycles. The molecule has 0 bridgehead atoms. The molecule has 2 unspecified atom stereocenters. The molecule has 2 rings (SSSR count). The minimum atomic E-state index is -2.08. The topological polar surface area (TPSA) is 110 Å². The Kier molecular flexibility index (Phi) is 5.59. The second-order valence-electron chi connectivity index (χ2n) is 9.13. The van der Waals surface area contributed by atoms with Crippen molar-refractivity contribution < 1.29 is 30.0 Å². The van der Waals surface area contributed by atoms with Crippen LogP contribution in [0.3, 0.4) is 0 Å². The highest BCUT2D eigenvalue weighted by atomic mass is 28.4. The molecule has 0 saturated heterocycles. The van der Waals surface area contributed by atoms with E-state index in [1.807, 2.05) is 0 Å². The van der Waals surface area contributed by atoms with E-state index in [9.17, 15) is 25.5 Å². The summed E-state index contributed by atoms with van der Waals surface area (Å²) in [4.78, 5) is 0. The molecule has 2 aliphatic rings. The van der Waals surface area contributed by atoms with E-state index >= 15 is 0 Å². The lowest BCUT2D eigenvalue weighted by molar-refractivity contribution is -0.246. The molecule has 5 N–H and O–H groups in total. The second-order valence-corrected chi connectivity index (χ2v) is 13.9. The molecule has 2 saturated carbocycles. The standard InChI is InChI=1S/C17H34O6Si/c1-16(2,3)24(4,5)23-9-10-12(19)13(20)15(22)17(14(10)21)8-6-7-11(17)18/h10-15,18-22H,6-9H2,1-5H3/t10-,11?,12+,13-,14?,15-,17-/m0/s1. The van der Waals surface area contributed by atoms with E-state index < -0.39 is 50.2 Å². The van der Waals surface area contributed by atoms with E-state index in [0.717, 1.165) is 0 Å². The van der Waals surface area contributed by atoms with Gasteiger partial charge in [0.05, 0.1) is 29.8 Å². The molecule has 2 fully saturated rings. The van der Waals surface area contributed by atoms with Crippen molar-refractivity contribution in [1.82, 2.24) is 0 Å². The molecule has 7 atom stereocenters. The highest BCUT2D eigenvalue weighted by molar-refractivity contribution is 6.74. The molecule has 24 heavy (non-hydrogen) atoms. The number of rotatable bonds is 3. The van der Waals surface area contributed by atoms with Crippen LogP contribution in [0.25, 0.3) is 0 Å². The SMILES string of the molecule is CC(C)(C)[Si](C)(C)OC[C@@H]1C(O)[C@@]2(CCCC2O)[C@@H](O)[C@@H](O)[C@@H]1O. The van der Waals surface area contributed by atoms with Gasteiger partial charge in [-0.1, -0.05) is 27.2 Å². The third-order valence-electron chi connectivity index (χ3n) is 6.77. The van der Waals surface area contributed by atoms with Crippen molar-refractivity contribution in [2.75, 3.05) is 6.61 Å². The Morgan fingerprint density at radius 2 is 1.58 bits per heavy atom. The summed E-state index contributed by atoms with van der Waals surface area (Å²) in [6, 6.07) is 0. The van der Waals surface area contributed by atoms with Crippen molar-refractivity contribution in [1.29, 1.82) is 0 Å². The van der Waals surface area contributed by atoms with Gasteiger partial charge in [0, 0.05) is 12.5 Å². The molecule has 142 valence electrons. The summed E-state index contributed by atoms with van der Waals surface area (Å²) in [7, 11) is -2.08. The largest absolute Gasteiger partial charge is 0.416 e. The Balaban J connectivity index is 2.23. The lowest BCUT2D eigenvalue weighted by Crippen LogP contribution is -2.67. The van der Waals surface area contributed by atoms with Crippen LogP contribution in [0.2, 0.25) is 18.1 Å². The van der Waals surface area contributed by atoms with Crippen molar-refractivity contribution in [3.05, 3.63) is 0 Å². The zero-order chi connectivity index (χ0) is 18.5. The molecule has 0 radical (unpaired) electrons. The molecule has 6 nitrogen and oxygen atoms in total. The third kappa shape index (κ3) is 3.09. The lowest BCUT2D eigenvalue weighted by Gasteiger charge is -2.53. The smallest absolute Gasteiger partial charge is 0.191 e. The van der Waals surface area contributed by atoms with Crippen molar-refractivity contribution in [2.24, 2.45) is 11.3 Å². The van der Waals surface area contributed by atoms with Crippen molar-refractivity contribution in [3.8, 4) is 0 Å². The predicted octanol–water partition coefficient (Wildman–Crippen LogP) is 0.613. The molecule has 2 aliphatic carbocycles. The molecular weight excluding hydrogens is 328 g/mol. The van der Waals surface area contributed by atoms with Crippen LogP contribution in [0.1, 0.15) is 40.0 Å². The third-order valence-corrected chi connectivity index (χ3v) is 11.3. The summed E-state index contributed by atoms with van der Waals surface area (Å²) in [6.07, 6.45) is -4.44. The first-order valence-corrected chi connectivity index (χ1v) is 11.8. The molecule has 1 spiro atoms. The van der Waals surface area contributed by atoms with Gasteiger partial charge in [0.1, 0.15) is 6.10 Å². The van der Waals surface area contributed by atoms with Gasteiger partial charge in [-0.25, -0.2) is 0 Å². The van der Waals surface area contributed by atoms with Crippen LogP contribution in [0.4, 0.5) is 0 Å². The van der Waals surface area contributed by atoms with Crippen LogP contribution >= 0.6 is 0 Å². The number of hydrogen-bond donors (Lipinski definition) is 5. The fourth-order valence-electron chi connectivity index (χ4n) is 3.96. The van der Waals surface area contributed by atoms with Gasteiger partial charge in [0.15, 0.2) is 8.32 Å². The van der Waals surface area contributed by atoms with E-state index in [-0.39, 0.29) is 11.6 Å². The highest BCUT2D eigenvalue weighted by Gasteiger charge is 2.62. The summed E-state index contributed by atoms with van der Waals surface area (Å²) in [5.74, 6) is -0.731. The quantitative estimate of drug-likeness (QED) is 0.471. The Bertz CT molecular complexity index is 451. The van der Waals surface area contributed by atoms with Gasteiger partial charge in [-0.05, 0) is 31.0 Å². The number of aliphatic hydroxyl groups excluding tert-OH is 5. The average Bonchev–Trinajstić information content (AvgIpc) is 2.85. The Labute approximate surface area is 145 Å².